The Balaban J connectivity index is 2.03. The molecule has 2 rings (SSSR count). The molecule has 0 bridgehead atoms. The second-order valence-corrected chi connectivity index (χ2v) is 4.85. The van der Waals surface area contributed by atoms with Crippen molar-refractivity contribution in [2.75, 3.05) is 18.5 Å². The number of nitrogens with one attached hydrogen (secondary N) is 1. The summed E-state index contributed by atoms with van der Waals surface area (Å²) in [5, 5.41) is 21.4. The fourth-order valence-corrected chi connectivity index (χ4v) is 1.87. The molecule has 0 radical (unpaired) electrons. The Morgan fingerprint density at radius 3 is 2.65 bits per heavy atom. The Hall–Kier alpha value is -1.55. The van der Waals surface area contributed by atoms with E-state index in [1.807, 2.05) is 6.07 Å². The molecule has 17 heavy (non-hydrogen) atoms. The van der Waals surface area contributed by atoms with Crippen LogP contribution in [0.5, 0.6) is 0 Å². The topological polar surface area (TPSA) is 69.6 Å². The fourth-order valence-electron chi connectivity index (χ4n) is 1.87. The van der Waals surface area contributed by atoms with E-state index in [1.165, 1.54) is 0 Å². The first-order valence-corrected chi connectivity index (χ1v) is 5.75. The van der Waals surface area contributed by atoms with Gasteiger partial charge >= 0.3 is 5.97 Å². The molecule has 4 nitrogen and oxygen atoms in total. The van der Waals surface area contributed by atoms with Gasteiger partial charge in [-0.2, -0.15) is 0 Å². The minimum absolute atomic E-state index is 0.0549. The van der Waals surface area contributed by atoms with Gasteiger partial charge in [0.25, 0.3) is 0 Å². The summed E-state index contributed by atoms with van der Waals surface area (Å²) in [5.74, 6) is -0.900. The third-order valence-electron chi connectivity index (χ3n) is 3.42. The van der Waals surface area contributed by atoms with Crippen molar-refractivity contribution >= 4 is 11.7 Å². The number of aliphatic hydroxyl groups excluding tert-OH is 1. The van der Waals surface area contributed by atoms with Gasteiger partial charge in [-0.3, -0.25) is 0 Å². The van der Waals surface area contributed by atoms with Crippen LogP contribution in [0.4, 0.5) is 5.69 Å². The van der Waals surface area contributed by atoms with Crippen molar-refractivity contribution < 1.29 is 15.0 Å². The van der Waals surface area contributed by atoms with Crippen LogP contribution < -0.4 is 5.32 Å². The van der Waals surface area contributed by atoms with E-state index in [1.54, 1.807) is 19.1 Å². The summed E-state index contributed by atoms with van der Waals surface area (Å²) < 4.78 is 0. The standard InChI is InChI=1S/C13H17NO3/c1-9-6-10(2-3-11(9)12(16)17)14-7-13(8-15)4-5-13/h2-3,6,14-15H,4-5,7-8H2,1H3,(H,16,17). The lowest BCUT2D eigenvalue weighted by Gasteiger charge is -2.14. The third kappa shape index (κ3) is 2.58. The maximum atomic E-state index is 10.9. The van der Waals surface area contributed by atoms with Crippen molar-refractivity contribution in [2.45, 2.75) is 19.8 Å². The molecule has 1 fully saturated rings. The predicted octanol–water partition coefficient (Wildman–Crippen LogP) is 1.88. The molecular weight excluding hydrogens is 218 g/mol. The molecule has 92 valence electrons. The first kappa shape index (κ1) is 11.9. The smallest absolute Gasteiger partial charge is 0.335 e. The molecule has 0 heterocycles. The zero-order valence-corrected chi connectivity index (χ0v) is 9.86. The Bertz CT molecular complexity index is 438. The molecule has 1 saturated carbocycles. The van der Waals surface area contributed by atoms with Crippen LogP contribution in [0.3, 0.4) is 0 Å². The summed E-state index contributed by atoms with van der Waals surface area (Å²) in [7, 11) is 0. The summed E-state index contributed by atoms with van der Waals surface area (Å²) in [6.45, 7) is 2.75. The van der Waals surface area contributed by atoms with E-state index < -0.39 is 5.97 Å². The van der Waals surface area contributed by atoms with Gasteiger partial charge in [-0.25, -0.2) is 4.79 Å². The molecule has 4 heteroatoms. The first-order chi connectivity index (χ1) is 8.06. The largest absolute Gasteiger partial charge is 0.478 e. The van der Waals surface area contributed by atoms with Gasteiger partial charge in [0.05, 0.1) is 12.2 Å². The lowest BCUT2D eigenvalue weighted by Crippen LogP contribution is -2.19. The van der Waals surface area contributed by atoms with Crippen molar-refractivity contribution in [3.8, 4) is 0 Å². The number of aromatic carboxylic acids is 1. The Morgan fingerprint density at radius 1 is 1.47 bits per heavy atom. The molecule has 0 aliphatic heterocycles. The number of hydrogen-bond donors (Lipinski definition) is 3. The minimum Gasteiger partial charge on any atom is -0.478 e. The molecule has 1 aromatic rings. The lowest BCUT2D eigenvalue weighted by molar-refractivity contribution is 0.0696. The van der Waals surface area contributed by atoms with Gasteiger partial charge in [0, 0.05) is 17.6 Å². The van der Waals surface area contributed by atoms with Crippen molar-refractivity contribution in [3.05, 3.63) is 29.3 Å². The number of anilines is 1. The van der Waals surface area contributed by atoms with E-state index in [2.05, 4.69) is 5.32 Å². The van der Waals surface area contributed by atoms with E-state index >= 15 is 0 Å². The highest BCUT2D eigenvalue weighted by Crippen LogP contribution is 2.44. The number of aryl methyl sites for hydroxylation is 1. The van der Waals surface area contributed by atoms with E-state index in [0.717, 1.165) is 30.6 Å². The highest BCUT2D eigenvalue weighted by Gasteiger charge is 2.41. The maximum Gasteiger partial charge on any atom is 0.335 e. The van der Waals surface area contributed by atoms with E-state index in [9.17, 15) is 9.90 Å². The number of carbonyl (C=O) groups is 1. The second kappa shape index (κ2) is 4.37. The van der Waals surface area contributed by atoms with Crippen LogP contribution in [0, 0.1) is 12.3 Å². The van der Waals surface area contributed by atoms with Crippen LogP contribution in [0.25, 0.3) is 0 Å². The second-order valence-electron chi connectivity index (χ2n) is 4.85. The summed E-state index contributed by atoms with van der Waals surface area (Å²) in [6.07, 6.45) is 2.12. The molecule has 0 spiro atoms. The van der Waals surface area contributed by atoms with Gasteiger partial charge in [-0.15, -0.1) is 0 Å². The maximum absolute atomic E-state index is 10.9. The molecule has 1 aromatic carbocycles. The Morgan fingerprint density at radius 2 is 2.18 bits per heavy atom. The number of carboxylic acids is 1. The number of aliphatic hydroxyl groups is 1. The average molecular weight is 235 g/mol. The van der Waals surface area contributed by atoms with Crippen LogP contribution in [0.1, 0.15) is 28.8 Å². The summed E-state index contributed by atoms with van der Waals surface area (Å²) in [4.78, 5) is 10.9. The normalized spacial score (nSPS) is 16.6. The Kier molecular flexibility index (Phi) is 3.07. The first-order valence-electron chi connectivity index (χ1n) is 5.75. The molecule has 0 unspecified atom stereocenters. The molecule has 0 amide bonds. The molecule has 1 aliphatic carbocycles. The zero-order valence-electron chi connectivity index (χ0n) is 9.86. The minimum atomic E-state index is -0.900. The van der Waals surface area contributed by atoms with Gasteiger partial charge in [0.2, 0.25) is 0 Å². The predicted molar refractivity (Wildman–Crippen MR) is 65.4 cm³/mol. The van der Waals surface area contributed by atoms with Gasteiger partial charge in [-0.05, 0) is 43.5 Å². The molecule has 1 aliphatic rings. The van der Waals surface area contributed by atoms with Crippen LogP contribution in [-0.4, -0.2) is 29.3 Å². The summed E-state index contributed by atoms with van der Waals surface area (Å²) >= 11 is 0. The van der Waals surface area contributed by atoms with E-state index in [4.69, 9.17) is 5.11 Å². The van der Waals surface area contributed by atoms with E-state index in [-0.39, 0.29) is 12.0 Å². The summed E-state index contributed by atoms with van der Waals surface area (Å²) in [5.41, 5.74) is 2.04. The SMILES string of the molecule is Cc1cc(NCC2(CO)CC2)ccc1C(=O)O. The van der Waals surface area contributed by atoms with Crippen LogP contribution in [0.2, 0.25) is 0 Å². The number of carboxylic acid groups (broad SMARTS) is 1. The van der Waals surface area contributed by atoms with Crippen molar-refractivity contribution in [1.29, 1.82) is 0 Å². The Labute approximate surface area is 100 Å². The number of hydrogen-bond acceptors (Lipinski definition) is 3. The van der Waals surface area contributed by atoms with E-state index in [0.29, 0.717) is 5.56 Å². The van der Waals surface area contributed by atoms with Crippen molar-refractivity contribution in [1.82, 2.24) is 0 Å². The molecule has 3 N–H and O–H groups in total. The van der Waals surface area contributed by atoms with Gasteiger partial charge in [-0.1, -0.05) is 0 Å². The van der Waals surface area contributed by atoms with Crippen molar-refractivity contribution in [3.63, 3.8) is 0 Å². The van der Waals surface area contributed by atoms with Crippen LogP contribution in [0.15, 0.2) is 18.2 Å². The van der Waals surface area contributed by atoms with Crippen LogP contribution in [-0.2, 0) is 0 Å². The highest BCUT2D eigenvalue weighted by molar-refractivity contribution is 5.89. The monoisotopic (exact) mass is 235 g/mol. The van der Waals surface area contributed by atoms with Crippen LogP contribution >= 0.6 is 0 Å². The quantitative estimate of drug-likeness (QED) is 0.728. The fraction of sp³-hybridized carbons (Fsp3) is 0.462. The molecule has 0 atom stereocenters. The lowest BCUT2D eigenvalue weighted by atomic mass is 10.1. The number of rotatable bonds is 5. The molecule has 0 saturated heterocycles. The van der Waals surface area contributed by atoms with Crippen molar-refractivity contribution in [2.24, 2.45) is 5.41 Å². The molecule has 0 aromatic heterocycles. The highest BCUT2D eigenvalue weighted by atomic mass is 16.4. The zero-order chi connectivity index (χ0) is 12.5. The molecular formula is C13H17NO3. The van der Waals surface area contributed by atoms with Gasteiger partial charge < -0.3 is 15.5 Å². The van der Waals surface area contributed by atoms with Gasteiger partial charge in [0.1, 0.15) is 0 Å². The number of benzene rings is 1. The summed E-state index contributed by atoms with van der Waals surface area (Å²) in [6, 6.07) is 5.21. The average Bonchev–Trinajstić information content (AvgIpc) is 3.07. The van der Waals surface area contributed by atoms with Gasteiger partial charge in [0.15, 0.2) is 0 Å². The third-order valence-corrected chi connectivity index (χ3v) is 3.42.